The molecule has 0 aromatic heterocycles. The van der Waals surface area contributed by atoms with Crippen molar-refractivity contribution in [2.45, 2.75) is 39.3 Å². The molecule has 5 rings (SSSR count). The first-order valence-corrected chi connectivity index (χ1v) is 12.8. The van der Waals surface area contributed by atoms with Gasteiger partial charge in [0.25, 0.3) is 0 Å². The molecule has 5 nitrogen and oxygen atoms in total. The van der Waals surface area contributed by atoms with E-state index in [2.05, 4.69) is 24.7 Å². The van der Waals surface area contributed by atoms with Gasteiger partial charge in [0.1, 0.15) is 29.6 Å². The number of phenolic OH excluding ortho intramolecular Hbond substituents is 2. The number of allylic oxidation sites excluding steroid dienone is 1. The zero-order chi connectivity index (χ0) is 26.1. The van der Waals surface area contributed by atoms with Crippen LogP contribution < -0.4 is 9.47 Å². The maximum absolute atomic E-state index is 10.2. The topological polar surface area (TPSA) is 62.2 Å². The largest absolute Gasteiger partial charge is 0.508 e. The Hall–Kier alpha value is -3.88. The fourth-order valence-corrected chi connectivity index (χ4v) is 5.37. The van der Waals surface area contributed by atoms with Crippen LogP contribution in [0.2, 0.25) is 0 Å². The minimum atomic E-state index is -0.496. The molecular formula is C32H33NO4. The molecule has 3 aromatic carbocycles. The van der Waals surface area contributed by atoms with Crippen LogP contribution in [0.3, 0.4) is 0 Å². The molecule has 0 spiro atoms. The second-order valence-corrected chi connectivity index (χ2v) is 10.2. The maximum Gasteiger partial charge on any atom is 0.151 e. The highest BCUT2D eigenvalue weighted by Crippen LogP contribution is 2.48. The lowest BCUT2D eigenvalue weighted by Gasteiger charge is -2.32. The summed E-state index contributed by atoms with van der Waals surface area (Å²) in [7, 11) is 0. The average molecular weight is 496 g/mol. The monoisotopic (exact) mass is 495 g/mol. The minimum Gasteiger partial charge on any atom is -0.508 e. The maximum atomic E-state index is 10.2. The smallest absolute Gasteiger partial charge is 0.151 e. The zero-order valence-corrected chi connectivity index (χ0v) is 21.6. The van der Waals surface area contributed by atoms with Gasteiger partial charge in [-0.1, -0.05) is 31.0 Å². The molecule has 2 aliphatic heterocycles. The van der Waals surface area contributed by atoms with E-state index in [9.17, 15) is 10.2 Å². The fourth-order valence-electron chi connectivity index (χ4n) is 5.37. The number of ether oxygens (including phenoxy) is 2. The van der Waals surface area contributed by atoms with Crippen LogP contribution in [0.4, 0.5) is 0 Å². The fraction of sp³-hybridized carbons (Fsp3) is 0.312. The number of aromatic hydroxyl groups is 2. The SMILES string of the molecule is C#Cc1cc(OC[C@H](C)N2CC[C@@H](C)C2)ccc1C1Oc2ccc(O)cc2C(C)=C1c1cccc(O)c1. The predicted molar refractivity (Wildman–Crippen MR) is 147 cm³/mol. The molecule has 1 saturated heterocycles. The molecule has 1 fully saturated rings. The number of rotatable bonds is 6. The van der Waals surface area contributed by atoms with Crippen molar-refractivity contribution in [3.63, 3.8) is 0 Å². The van der Waals surface area contributed by atoms with E-state index < -0.39 is 6.10 Å². The number of benzene rings is 3. The first kappa shape index (κ1) is 24.8. The van der Waals surface area contributed by atoms with Crippen LogP contribution >= 0.6 is 0 Å². The van der Waals surface area contributed by atoms with Gasteiger partial charge >= 0.3 is 0 Å². The molecule has 5 heteroatoms. The Morgan fingerprint density at radius 3 is 2.65 bits per heavy atom. The van der Waals surface area contributed by atoms with Crippen molar-refractivity contribution < 1.29 is 19.7 Å². The molecule has 0 aliphatic carbocycles. The third-order valence-electron chi connectivity index (χ3n) is 7.47. The van der Waals surface area contributed by atoms with E-state index in [1.807, 2.05) is 31.2 Å². The zero-order valence-electron chi connectivity index (χ0n) is 21.6. The number of fused-ring (bicyclic) bond motifs is 1. The van der Waals surface area contributed by atoms with Gasteiger partial charge in [-0.2, -0.15) is 0 Å². The lowest BCUT2D eigenvalue weighted by Crippen LogP contribution is -2.35. The lowest BCUT2D eigenvalue weighted by molar-refractivity contribution is 0.169. The normalized spacial score (nSPS) is 20.2. The van der Waals surface area contributed by atoms with Crippen molar-refractivity contribution >= 4 is 11.1 Å². The van der Waals surface area contributed by atoms with Gasteiger partial charge in [0.15, 0.2) is 6.10 Å². The Morgan fingerprint density at radius 2 is 1.92 bits per heavy atom. The van der Waals surface area contributed by atoms with Crippen LogP contribution in [-0.4, -0.2) is 40.9 Å². The minimum absolute atomic E-state index is 0.166. The second kappa shape index (κ2) is 10.2. The van der Waals surface area contributed by atoms with Crippen molar-refractivity contribution in [3.8, 4) is 35.3 Å². The van der Waals surface area contributed by atoms with E-state index in [-0.39, 0.29) is 11.5 Å². The molecule has 0 radical (unpaired) electrons. The van der Waals surface area contributed by atoms with Gasteiger partial charge in [0, 0.05) is 34.9 Å². The summed E-state index contributed by atoms with van der Waals surface area (Å²) in [6, 6.07) is 18.3. The molecule has 2 aliphatic rings. The summed E-state index contributed by atoms with van der Waals surface area (Å²) in [5.74, 6) is 5.30. The molecule has 37 heavy (non-hydrogen) atoms. The molecule has 190 valence electrons. The van der Waals surface area contributed by atoms with Crippen LogP contribution in [0.5, 0.6) is 23.0 Å². The lowest BCUT2D eigenvalue weighted by atomic mass is 9.84. The van der Waals surface area contributed by atoms with Gasteiger partial charge in [-0.05, 0) is 86.3 Å². The highest BCUT2D eigenvalue weighted by Gasteiger charge is 2.31. The number of terminal acetylenes is 1. The number of nitrogens with zero attached hydrogens (tertiary/aromatic N) is 1. The summed E-state index contributed by atoms with van der Waals surface area (Å²) < 4.78 is 12.7. The molecule has 0 bridgehead atoms. The van der Waals surface area contributed by atoms with Crippen molar-refractivity contribution in [3.05, 3.63) is 82.9 Å². The first-order valence-electron chi connectivity index (χ1n) is 12.8. The summed E-state index contributed by atoms with van der Waals surface area (Å²) in [6.45, 7) is 9.32. The molecule has 0 amide bonds. The van der Waals surface area contributed by atoms with Crippen LogP contribution in [-0.2, 0) is 0 Å². The van der Waals surface area contributed by atoms with Crippen LogP contribution in [0.25, 0.3) is 11.1 Å². The van der Waals surface area contributed by atoms with E-state index in [0.717, 1.165) is 52.6 Å². The Labute approximate surface area is 219 Å². The molecule has 0 saturated carbocycles. The average Bonchev–Trinajstić information content (AvgIpc) is 3.33. The van der Waals surface area contributed by atoms with Crippen molar-refractivity contribution in [2.24, 2.45) is 5.92 Å². The van der Waals surface area contributed by atoms with Gasteiger partial charge < -0.3 is 19.7 Å². The van der Waals surface area contributed by atoms with E-state index in [1.165, 1.54) is 6.42 Å². The molecule has 3 aromatic rings. The predicted octanol–water partition coefficient (Wildman–Crippen LogP) is 6.25. The highest BCUT2D eigenvalue weighted by atomic mass is 16.5. The summed E-state index contributed by atoms with van der Waals surface area (Å²) in [5, 5.41) is 20.3. The molecular weight excluding hydrogens is 462 g/mol. The van der Waals surface area contributed by atoms with Crippen molar-refractivity contribution in [1.82, 2.24) is 4.90 Å². The first-order chi connectivity index (χ1) is 17.8. The molecule has 2 heterocycles. The standard InChI is InChI=1S/C32H33NO4/c1-5-23-16-27(36-19-21(3)33-14-13-20(2)18-33)10-11-28(23)32-31(24-7-6-8-25(34)15-24)22(4)29-17-26(35)9-12-30(29)37-32/h1,6-12,15-17,20-21,32,34-35H,13-14,18-19H2,2-4H3/t20-,21+,32?/m1/s1. The third-order valence-corrected chi connectivity index (χ3v) is 7.47. The highest BCUT2D eigenvalue weighted by molar-refractivity contribution is 5.96. The summed E-state index contributed by atoms with van der Waals surface area (Å²) in [4.78, 5) is 2.47. The van der Waals surface area contributed by atoms with E-state index in [1.54, 1.807) is 36.4 Å². The van der Waals surface area contributed by atoms with Crippen LogP contribution in [0.15, 0.2) is 60.7 Å². The number of likely N-dealkylation sites (tertiary alicyclic amines) is 1. The summed E-state index contributed by atoms with van der Waals surface area (Å²) in [5.41, 5.74) is 5.00. The Balaban J connectivity index is 1.49. The van der Waals surface area contributed by atoms with Gasteiger partial charge in [-0.3, -0.25) is 4.90 Å². The van der Waals surface area contributed by atoms with Gasteiger partial charge in [-0.25, -0.2) is 0 Å². The van der Waals surface area contributed by atoms with E-state index in [4.69, 9.17) is 15.9 Å². The summed E-state index contributed by atoms with van der Waals surface area (Å²) in [6.07, 6.45) is 6.73. The Bertz CT molecular complexity index is 1390. The van der Waals surface area contributed by atoms with Crippen LogP contribution in [0.1, 0.15) is 55.5 Å². The third kappa shape index (κ3) is 5.03. The van der Waals surface area contributed by atoms with E-state index >= 15 is 0 Å². The van der Waals surface area contributed by atoms with Crippen molar-refractivity contribution in [1.29, 1.82) is 0 Å². The van der Waals surface area contributed by atoms with Gasteiger partial charge in [0.2, 0.25) is 0 Å². The second-order valence-electron chi connectivity index (χ2n) is 10.2. The molecule has 1 unspecified atom stereocenters. The number of hydrogen-bond acceptors (Lipinski definition) is 5. The molecule has 2 N–H and O–H groups in total. The van der Waals surface area contributed by atoms with Crippen LogP contribution in [0, 0.1) is 18.3 Å². The quantitative estimate of drug-likeness (QED) is 0.396. The number of phenols is 2. The van der Waals surface area contributed by atoms with Crippen molar-refractivity contribution in [2.75, 3.05) is 19.7 Å². The molecule has 3 atom stereocenters. The number of hydrogen-bond donors (Lipinski definition) is 2. The Morgan fingerprint density at radius 1 is 1.11 bits per heavy atom. The van der Waals surface area contributed by atoms with E-state index in [0.29, 0.717) is 24.0 Å². The Kier molecular flexibility index (Phi) is 6.86. The van der Waals surface area contributed by atoms with Gasteiger partial charge in [0.05, 0.1) is 0 Å². The summed E-state index contributed by atoms with van der Waals surface area (Å²) >= 11 is 0. The van der Waals surface area contributed by atoms with Gasteiger partial charge in [-0.15, -0.1) is 6.42 Å².